The fraction of sp³-hybridized carbons (Fsp3) is 0.769. The van der Waals surface area contributed by atoms with E-state index in [0.717, 1.165) is 37.0 Å². The Morgan fingerprint density at radius 3 is 2.83 bits per heavy atom. The smallest absolute Gasteiger partial charge is 0.130 e. The van der Waals surface area contributed by atoms with Crippen LogP contribution in [-0.2, 0) is 17.1 Å². The van der Waals surface area contributed by atoms with Crippen LogP contribution in [0.2, 0.25) is 0 Å². The Morgan fingerprint density at radius 1 is 1.50 bits per heavy atom. The summed E-state index contributed by atoms with van der Waals surface area (Å²) in [6, 6.07) is 0. The van der Waals surface area contributed by atoms with Gasteiger partial charge in [0.2, 0.25) is 0 Å². The molecule has 1 aliphatic rings. The van der Waals surface area contributed by atoms with Crippen molar-refractivity contribution in [3.63, 3.8) is 0 Å². The molecule has 1 aliphatic heterocycles. The molecule has 1 aromatic heterocycles. The van der Waals surface area contributed by atoms with Crippen LogP contribution in [-0.4, -0.2) is 35.6 Å². The van der Waals surface area contributed by atoms with Crippen LogP contribution in [0.4, 0.5) is 5.82 Å². The van der Waals surface area contributed by atoms with E-state index in [2.05, 4.69) is 39.8 Å². The van der Waals surface area contributed by atoms with Gasteiger partial charge >= 0.3 is 0 Å². The Morgan fingerprint density at radius 2 is 2.22 bits per heavy atom. The van der Waals surface area contributed by atoms with Crippen LogP contribution in [0.3, 0.4) is 0 Å². The lowest BCUT2D eigenvalue weighted by molar-refractivity contribution is -0.00496. The summed E-state index contributed by atoms with van der Waals surface area (Å²) in [6.45, 7) is 6.27. The van der Waals surface area contributed by atoms with Gasteiger partial charge in [-0.1, -0.05) is 15.9 Å². The summed E-state index contributed by atoms with van der Waals surface area (Å²) < 4.78 is 7.66. The highest BCUT2D eigenvalue weighted by atomic mass is 79.9. The Labute approximate surface area is 117 Å². The second kappa shape index (κ2) is 5.21. The first-order valence-electron chi connectivity index (χ1n) is 6.39. The summed E-state index contributed by atoms with van der Waals surface area (Å²) in [6.07, 6.45) is 2.29. The first kappa shape index (κ1) is 13.9. The van der Waals surface area contributed by atoms with Gasteiger partial charge in [0.15, 0.2) is 0 Å². The van der Waals surface area contributed by atoms with Gasteiger partial charge in [-0.2, -0.15) is 5.10 Å². The second-order valence-electron chi connectivity index (χ2n) is 5.32. The first-order chi connectivity index (χ1) is 8.50. The molecule has 1 fully saturated rings. The molecule has 0 aromatic carbocycles. The van der Waals surface area contributed by atoms with Crippen LogP contribution in [0.5, 0.6) is 0 Å². The quantitative estimate of drug-likeness (QED) is 0.803. The SMILES string of the molecule is COC1(C)CCCN(c2c(CBr)c(C)nn2C)C1. The average molecular weight is 316 g/mol. The van der Waals surface area contributed by atoms with Crippen molar-refractivity contribution in [2.75, 3.05) is 25.1 Å². The summed E-state index contributed by atoms with van der Waals surface area (Å²) in [7, 11) is 3.83. The third-order valence-electron chi connectivity index (χ3n) is 3.90. The van der Waals surface area contributed by atoms with Crippen LogP contribution in [0.15, 0.2) is 0 Å². The van der Waals surface area contributed by atoms with Gasteiger partial charge < -0.3 is 9.64 Å². The number of aromatic nitrogens is 2. The number of anilines is 1. The molecule has 0 N–H and O–H groups in total. The van der Waals surface area contributed by atoms with E-state index in [0.29, 0.717) is 0 Å². The van der Waals surface area contributed by atoms with Crippen molar-refractivity contribution >= 4 is 21.7 Å². The molecule has 1 atom stereocenters. The minimum atomic E-state index is -0.0417. The van der Waals surface area contributed by atoms with Crippen LogP contribution < -0.4 is 4.90 Å². The first-order valence-corrected chi connectivity index (χ1v) is 7.51. The van der Waals surface area contributed by atoms with Gasteiger partial charge in [0.05, 0.1) is 11.3 Å². The molecule has 2 rings (SSSR count). The number of hydrogen-bond acceptors (Lipinski definition) is 3. The number of piperidine rings is 1. The monoisotopic (exact) mass is 315 g/mol. The standard InChI is InChI=1S/C13H22BrN3O/c1-10-11(8-14)12(16(3)15-10)17-7-5-6-13(2,9-17)18-4/h5-9H2,1-4H3. The summed E-state index contributed by atoms with van der Waals surface area (Å²) >= 11 is 3.57. The van der Waals surface area contributed by atoms with Crippen molar-refractivity contribution in [1.82, 2.24) is 9.78 Å². The molecule has 0 radical (unpaired) electrons. The van der Waals surface area contributed by atoms with Crippen molar-refractivity contribution in [3.8, 4) is 0 Å². The number of methoxy groups -OCH3 is 1. The normalized spacial score (nSPS) is 24.6. The molecule has 0 amide bonds. The van der Waals surface area contributed by atoms with Gasteiger partial charge in [-0.05, 0) is 26.7 Å². The maximum Gasteiger partial charge on any atom is 0.130 e. The zero-order valence-corrected chi connectivity index (χ0v) is 13.2. The highest BCUT2D eigenvalue weighted by molar-refractivity contribution is 9.08. The molecule has 2 heterocycles. The zero-order valence-electron chi connectivity index (χ0n) is 11.7. The van der Waals surface area contributed by atoms with Crippen LogP contribution in [0.25, 0.3) is 0 Å². The van der Waals surface area contributed by atoms with Gasteiger partial charge in [0.1, 0.15) is 5.82 Å². The zero-order chi connectivity index (χ0) is 13.3. The molecule has 0 bridgehead atoms. The lowest BCUT2D eigenvalue weighted by Gasteiger charge is -2.40. The summed E-state index contributed by atoms with van der Waals surface area (Å²) in [5.74, 6) is 1.23. The number of alkyl halides is 1. The molecule has 5 heteroatoms. The molecule has 0 saturated carbocycles. The van der Waals surface area contributed by atoms with Crippen LogP contribution in [0.1, 0.15) is 31.0 Å². The Kier molecular flexibility index (Phi) is 4.02. The summed E-state index contributed by atoms with van der Waals surface area (Å²) in [5, 5.41) is 5.38. The van der Waals surface area contributed by atoms with E-state index >= 15 is 0 Å². The number of hydrogen-bond donors (Lipinski definition) is 0. The van der Waals surface area contributed by atoms with Crippen molar-refractivity contribution in [2.24, 2.45) is 7.05 Å². The predicted octanol–water partition coefficient (Wildman–Crippen LogP) is 2.63. The largest absolute Gasteiger partial charge is 0.377 e. The topological polar surface area (TPSA) is 30.3 Å². The number of halogens is 1. The number of ether oxygens (including phenoxy) is 1. The van der Waals surface area contributed by atoms with Crippen LogP contribution in [0, 0.1) is 6.92 Å². The van der Waals surface area contributed by atoms with Gasteiger partial charge in [-0.25, -0.2) is 0 Å². The third-order valence-corrected chi connectivity index (χ3v) is 4.46. The van der Waals surface area contributed by atoms with Gasteiger partial charge in [-0.15, -0.1) is 0 Å². The molecule has 1 unspecified atom stereocenters. The maximum atomic E-state index is 5.67. The minimum absolute atomic E-state index is 0.0417. The molecule has 0 spiro atoms. The second-order valence-corrected chi connectivity index (χ2v) is 5.88. The molecule has 0 aliphatic carbocycles. The maximum absolute atomic E-state index is 5.67. The van der Waals surface area contributed by atoms with E-state index in [-0.39, 0.29) is 5.60 Å². The van der Waals surface area contributed by atoms with Crippen LogP contribution >= 0.6 is 15.9 Å². The molecule has 1 aromatic rings. The van der Waals surface area contributed by atoms with Crippen molar-refractivity contribution in [1.29, 1.82) is 0 Å². The number of aryl methyl sites for hydroxylation is 2. The molecule has 4 nitrogen and oxygen atoms in total. The fourth-order valence-electron chi connectivity index (χ4n) is 2.79. The Hall–Kier alpha value is -0.550. The molecular weight excluding hydrogens is 294 g/mol. The highest BCUT2D eigenvalue weighted by Gasteiger charge is 2.33. The van der Waals surface area contributed by atoms with Gasteiger partial charge in [0, 0.05) is 38.1 Å². The lowest BCUT2D eigenvalue weighted by Crippen LogP contribution is -2.48. The average Bonchev–Trinajstić information content (AvgIpc) is 2.63. The summed E-state index contributed by atoms with van der Waals surface area (Å²) in [5.41, 5.74) is 2.35. The van der Waals surface area contributed by atoms with E-state index in [1.807, 2.05) is 18.8 Å². The van der Waals surface area contributed by atoms with E-state index in [4.69, 9.17) is 4.74 Å². The minimum Gasteiger partial charge on any atom is -0.377 e. The number of rotatable bonds is 3. The van der Waals surface area contributed by atoms with E-state index in [9.17, 15) is 0 Å². The van der Waals surface area contributed by atoms with Crippen molar-refractivity contribution < 1.29 is 4.74 Å². The van der Waals surface area contributed by atoms with E-state index in [1.54, 1.807) is 0 Å². The molecular formula is C13H22BrN3O. The molecule has 1 saturated heterocycles. The predicted molar refractivity (Wildman–Crippen MR) is 77.4 cm³/mol. The lowest BCUT2D eigenvalue weighted by atomic mass is 9.94. The molecule has 18 heavy (non-hydrogen) atoms. The highest BCUT2D eigenvalue weighted by Crippen LogP contribution is 2.32. The van der Waals surface area contributed by atoms with E-state index in [1.165, 1.54) is 11.4 Å². The Bertz CT molecular complexity index is 432. The van der Waals surface area contributed by atoms with Gasteiger partial charge in [0.25, 0.3) is 0 Å². The van der Waals surface area contributed by atoms with E-state index < -0.39 is 0 Å². The van der Waals surface area contributed by atoms with Crippen molar-refractivity contribution in [2.45, 2.75) is 37.6 Å². The third kappa shape index (κ3) is 2.43. The van der Waals surface area contributed by atoms with Crippen molar-refractivity contribution in [3.05, 3.63) is 11.3 Å². The summed E-state index contributed by atoms with van der Waals surface area (Å²) in [4.78, 5) is 2.41. The Balaban J connectivity index is 2.31. The molecule has 102 valence electrons. The van der Waals surface area contributed by atoms with Gasteiger partial charge in [-0.3, -0.25) is 4.68 Å². The number of nitrogens with zero attached hydrogens (tertiary/aromatic N) is 3. The fourth-order valence-corrected chi connectivity index (χ4v) is 3.45.